The molecule has 5 amide bonds. The molecule has 0 bridgehead atoms. The molecule has 0 spiro atoms. The minimum atomic E-state index is -1.44. The molecule has 0 radical (unpaired) electrons. The van der Waals surface area contributed by atoms with Gasteiger partial charge in [-0.25, -0.2) is 0 Å². The summed E-state index contributed by atoms with van der Waals surface area (Å²) < 4.78 is 56.9. The van der Waals surface area contributed by atoms with Gasteiger partial charge in [0.05, 0.1) is 97.6 Å². The van der Waals surface area contributed by atoms with Crippen LogP contribution in [0.2, 0.25) is 0 Å². The number of amides is 5. The van der Waals surface area contributed by atoms with Gasteiger partial charge in [0.2, 0.25) is 29.5 Å². The second-order valence-corrected chi connectivity index (χ2v) is 23.7. The first kappa shape index (κ1) is 82.6. The number of carbonyl (C=O) groups excluding carboxylic acids is 5. The van der Waals surface area contributed by atoms with Crippen molar-refractivity contribution in [3.05, 3.63) is 0 Å². The van der Waals surface area contributed by atoms with Crippen LogP contribution in [0, 0.1) is 23.2 Å². The summed E-state index contributed by atoms with van der Waals surface area (Å²) in [6.07, 6.45) is -11.4. The number of hydrogen-bond acceptors (Lipinski definition) is 24. The van der Waals surface area contributed by atoms with Crippen LogP contribution in [0.4, 0.5) is 0 Å². The van der Waals surface area contributed by atoms with E-state index < -0.39 is 123 Å². The Morgan fingerprint density at radius 2 is 0.682 bits per heavy atom. The molecule has 3 saturated heterocycles. The Kier molecular flexibility index (Phi) is 43.8. The predicted octanol–water partition coefficient (Wildman–Crippen LogP) is -1.74. The van der Waals surface area contributed by atoms with Crippen molar-refractivity contribution in [2.75, 3.05) is 119 Å². The van der Waals surface area contributed by atoms with Crippen LogP contribution >= 0.6 is 0 Å². The molecule has 6 unspecified atom stereocenters. The lowest BCUT2D eigenvalue weighted by molar-refractivity contribution is -0.282. The molecule has 29 heteroatoms. The van der Waals surface area contributed by atoms with Gasteiger partial charge in [0.1, 0.15) is 42.2 Å². The molecule has 3 aliphatic heterocycles. The fraction of sp³-hybridized carbons (Fsp3) is 0.915. The van der Waals surface area contributed by atoms with Gasteiger partial charge in [-0.3, -0.25) is 24.0 Å². The Labute approximate surface area is 520 Å². The van der Waals surface area contributed by atoms with Gasteiger partial charge >= 0.3 is 0 Å². The highest BCUT2D eigenvalue weighted by Gasteiger charge is 2.45. The van der Waals surface area contributed by atoms with E-state index in [4.69, 9.17) is 47.4 Å². The summed E-state index contributed by atoms with van der Waals surface area (Å²) in [5, 5.41) is 104. The molecule has 3 heterocycles. The van der Waals surface area contributed by atoms with Crippen LogP contribution in [-0.2, 0) is 71.3 Å². The zero-order chi connectivity index (χ0) is 66.2. The standard InChI is InChI=1S/C52H95N5O24.C5H12.C2H6/c1-32-43(66)46(69)35(26-58)79-49(32)76-20-7-16-54-39(62)12-23-73-29-52(57-42(65)11-5-10-38(61)53-15-6-19-72-4,30-74-24-13-40(63)55-17-8-21-77-50-33(2)44(67)47(70)36(27-59)80-50)31-75-25-14-41(64)56-18-9-22-78-51-34(3)45(68)48(71)37(28-60)81-51;1-5(2,3)4;1-2/h32-37,43-51,58-60,66-71H,5-31H2,1-4H3,(H,53,61)(H,54,62)(H,55,63)(H,56,64)(H,57,65);1-4H3;1-2H3/t32?,33?,34?,35?,36?,37?,43-,44-,45-,46+,47+,48+,49-,50-,51-,52?;;/m1../s1. The van der Waals surface area contributed by atoms with Crippen LogP contribution in [0.25, 0.3) is 0 Å². The van der Waals surface area contributed by atoms with Crippen molar-refractivity contribution >= 4 is 29.5 Å². The Morgan fingerprint density at radius 3 is 0.966 bits per heavy atom. The fourth-order valence-corrected chi connectivity index (χ4v) is 8.83. The van der Waals surface area contributed by atoms with Crippen LogP contribution in [0.5, 0.6) is 0 Å². The normalized spacial score (nSPS) is 27.7. The predicted molar refractivity (Wildman–Crippen MR) is 319 cm³/mol. The van der Waals surface area contributed by atoms with E-state index >= 15 is 0 Å². The van der Waals surface area contributed by atoms with Gasteiger partial charge in [-0.15, -0.1) is 0 Å². The van der Waals surface area contributed by atoms with E-state index in [1.807, 2.05) is 13.8 Å². The topological polar surface area (TPSA) is 420 Å². The van der Waals surface area contributed by atoms with E-state index in [2.05, 4.69) is 54.3 Å². The SMILES string of the molecule is CC.CC(C)(C)C.COCCCNC(=O)CCCC(=O)NC(COCCC(=O)NCCCO[C@@H]1OC(CO)[C@H](O)[C@H](O)C1C)(COCCC(=O)NCCCO[C@@H]1OC(CO)[C@H](O)[C@H](O)C1C)COCCC(=O)NCCCO[C@@H]1OC(CO)[C@H](O)[C@H](O)C1C. The Morgan fingerprint density at radius 1 is 0.409 bits per heavy atom. The average Bonchev–Trinajstić information content (AvgIpc) is 3.70. The molecule has 29 nitrogen and oxygen atoms in total. The van der Waals surface area contributed by atoms with Gasteiger partial charge < -0.3 is 120 Å². The summed E-state index contributed by atoms with van der Waals surface area (Å²) >= 11 is 0. The largest absolute Gasteiger partial charge is 0.394 e. The van der Waals surface area contributed by atoms with Crippen molar-refractivity contribution in [1.82, 2.24) is 26.6 Å². The van der Waals surface area contributed by atoms with Crippen LogP contribution in [0.15, 0.2) is 0 Å². The molecule has 88 heavy (non-hydrogen) atoms. The molecule has 3 rings (SSSR count). The molecule has 14 N–H and O–H groups in total. The monoisotopic (exact) mass is 1280 g/mol. The average molecular weight is 1280 g/mol. The van der Waals surface area contributed by atoms with Crippen molar-refractivity contribution in [1.29, 1.82) is 0 Å². The number of methoxy groups -OCH3 is 1. The summed E-state index contributed by atoms with van der Waals surface area (Å²) in [4.78, 5) is 64.7. The second-order valence-electron chi connectivity index (χ2n) is 23.7. The summed E-state index contributed by atoms with van der Waals surface area (Å²) in [5.74, 6) is -3.58. The molecular formula is C59H113N5O24. The Bertz CT molecular complexity index is 1710. The smallest absolute Gasteiger partial charge is 0.222 e. The molecular weight excluding hydrogens is 1160 g/mol. The quantitative estimate of drug-likeness (QED) is 0.0302. The maximum Gasteiger partial charge on any atom is 0.222 e. The highest BCUT2D eigenvalue weighted by Crippen LogP contribution is 2.29. The highest BCUT2D eigenvalue weighted by molar-refractivity contribution is 5.79. The van der Waals surface area contributed by atoms with Gasteiger partial charge in [-0.05, 0) is 37.5 Å². The van der Waals surface area contributed by atoms with Crippen LogP contribution in [-0.4, -0.2) is 274 Å². The van der Waals surface area contributed by atoms with Gasteiger partial charge in [0.15, 0.2) is 18.9 Å². The van der Waals surface area contributed by atoms with E-state index in [0.717, 1.165) is 0 Å². The zero-order valence-corrected chi connectivity index (χ0v) is 53.9. The van der Waals surface area contributed by atoms with Gasteiger partial charge in [0.25, 0.3) is 0 Å². The van der Waals surface area contributed by atoms with Crippen molar-refractivity contribution in [3.8, 4) is 0 Å². The van der Waals surface area contributed by atoms with Gasteiger partial charge in [0, 0.05) is 89.8 Å². The minimum absolute atomic E-state index is 0.0569. The lowest BCUT2D eigenvalue weighted by Crippen LogP contribution is -2.58. The third kappa shape index (κ3) is 33.8. The molecule has 15 atom stereocenters. The Hall–Kier alpha value is -3.41. The van der Waals surface area contributed by atoms with E-state index in [1.54, 1.807) is 27.9 Å². The Balaban J connectivity index is 0.00000524. The highest BCUT2D eigenvalue weighted by atomic mass is 16.7. The van der Waals surface area contributed by atoms with Crippen molar-refractivity contribution in [3.63, 3.8) is 0 Å². The molecule has 0 aromatic carbocycles. The number of carbonyl (C=O) groups is 5. The third-order valence-electron chi connectivity index (χ3n) is 14.0. The molecule has 0 aromatic rings. The van der Waals surface area contributed by atoms with Gasteiger partial charge in [-0.2, -0.15) is 0 Å². The van der Waals surface area contributed by atoms with E-state index in [1.165, 1.54) is 0 Å². The number of aliphatic hydroxyl groups is 9. The first-order valence-electron chi connectivity index (χ1n) is 31.1. The molecule has 0 aliphatic carbocycles. The summed E-state index contributed by atoms with van der Waals surface area (Å²) in [6.45, 7) is 16.9. The van der Waals surface area contributed by atoms with Gasteiger partial charge in [-0.1, -0.05) is 62.3 Å². The first-order chi connectivity index (χ1) is 41.8. The maximum absolute atomic E-state index is 13.6. The number of nitrogens with one attached hydrogen (secondary N) is 5. The van der Waals surface area contributed by atoms with Crippen molar-refractivity contribution < 1.29 is 117 Å². The second kappa shape index (κ2) is 46.6. The number of ether oxygens (including phenoxy) is 10. The van der Waals surface area contributed by atoms with Crippen LogP contribution in [0.3, 0.4) is 0 Å². The maximum atomic E-state index is 13.6. The lowest BCUT2D eigenvalue weighted by atomic mass is 9.92. The summed E-state index contributed by atoms with van der Waals surface area (Å²) in [7, 11) is 1.56. The lowest BCUT2D eigenvalue weighted by Gasteiger charge is -2.40. The molecule has 0 aromatic heterocycles. The number of hydrogen-bond donors (Lipinski definition) is 14. The van der Waals surface area contributed by atoms with Crippen LogP contribution < -0.4 is 26.6 Å². The first-order valence-corrected chi connectivity index (χ1v) is 31.1. The van der Waals surface area contributed by atoms with Crippen molar-refractivity contribution in [2.45, 2.75) is 206 Å². The van der Waals surface area contributed by atoms with E-state index in [-0.39, 0.29) is 141 Å². The van der Waals surface area contributed by atoms with E-state index in [0.29, 0.717) is 44.2 Å². The summed E-state index contributed by atoms with van der Waals surface area (Å²) in [5.41, 5.74) is -0.945. The molecule has 3 fully saturated rings. The van der Waals surface area contributed by atoms with Crippen LogP contribution in [0.1, 0.15) is 127 Å². The molecule has 0 saturated carbocycles. The number of aliphatic hydroxyl groups excluding tert-OH is 9. The molecule has 518 valence electrons. The third-order valence-corrected chi connectivity index (χ3v) is 14.0. The van der Waals surface area contributed by atoms with Crippen molar-refractivity contribution in [2.24, 2.45) is 23.2 Å². The zero-order valence-electron chi connectivity index (χ0n) is 53.9. The fourth-order valence-electron chi connectivity index (χ4n) is 8.83. The number of rotatable bonds is 42. The minimum Gasteiger partial charge on any atom is -0.394 e. The van der Waals surface area contributed by atoms with E-state index in [9.17, 15) is 69.9 Å². The molecule has 3 aliphatic rings. The summed E-state index contributed by atoms with van der Waals surface area (Å²) in [6, 6.07) is 0.